The average Bonchev–Trinajstić information content (AvgIpc) is 3.10. The molecule has 4 rings (SSSR count). The second-order valence-electron chi connectivity index (χ2n) is 7.74. The third-order valence-electron chi connectivity index (χ3n) is 5.80. The zero-order valence-electron chi connectivity index (χ0n) is 15.9. The number of nitrogens with zero attached hydrogens (tertiary/aromatic N) is 3. The largest absolute Gasteiger partial charge is 0.496 e. The maximum Gasteiger partial charge on any atom is 0.233 e. The molecule has 1 aromatic carbocycles. The molecule has 1 aliphatic carbocycles. The first-order valence-electron chi connectivity index (χ1n) is 9.95. The Bertz CT molecular complexity index is 776. The number of methoxy groups -OCH3 is 1. The van der Waals surface area contributed by atoms with Gasteiger partial charge in [-0.25, -0.2) is 0 Å². The Balaban J connectivity index is 1.29. The molecule has 27 heavy (non-hydrogen) atoms. The summed E-state index contributed by atoms with van der Waals surface area (Å²) >= 11 is 0. The van der Waals surface area contributed by atoms with Gasteiger partial charge in [-0.2, -0.15) is 4.98 Å². The molecule has 144 valence electrons. The molecule has 2 heterocycles. The Morgan fingerprint density at radius 2 is 2.00 bits per heavy atom. The van der Waals surface area contributed by atoms with Crippen molar-refractivity contribution in [3.63, 3.8) is 0 Å². The maximum atomic E-state index is 12.4. The van der Waals surface area contributed by atoms with Gasteiger partial charge in [-0.1, -0.05) is 42.6 Å². The minimum Gasteiger partial charge on any atom is -0.496 e. The zero-order chi connectivity index (χ0) is 18.6. The van der Waals surface area contributed by atoms with Crippen LogP contribution in [0, 0.1) is 5.92 Å². The minimum absolute atomic E-state index is 0.166. The standard InChI is InChI=1S/C21H27N3O3/c1-26-18-10-6-5-9-16(18)12-19-22-21(27-23-19)17-13-24(14-17)20(25)11-15-7-3-2-4-8-15/h5-6,9-10,15,17H,2-4,7-8,11-14H2,1H3. The maximum absolute atomic E-state index is 12.4. The molecule has 0 spiro atoms. The van der Waals surface area contributed by atoms with Gasteiger partial charge in [0.25, 0.3) is 0 Å². The van der Waals surface area contributed by atoms with Crippen LogP contribution in [-0.2, 0) is 11.2 Å². The van der Waals surface area contributed by atoms with E-state index in [0.717, 1.165) is 11.3 Å². The number of aromatic nitrogens is 2. The van der Waals surface area contributed by atoms with E-state index in [1.807, 2.05) is 29.2 Å². The van der Waals surface area contributed by atoms with Crippen molar-refractivity contribution in [3.05, 3.63) is 41.5 Å². The fourth-order valence-corrected chi connectivity index (χ4v) is 4.13. The van der Waals surface area contributed by atoms with Crippen molar-refractivity contribution < 1.29 is 14.1 Å². The summed E-state index contributed by atoms with van der Waals surface area (Å²) in [6, 6.07) is 7.85. The smallest absolute Gasteiger partial charge is 0.233 e. The second-order valence-corrected chi connectivity index (χ2v) is 7.74. The van der Waals surface area contributed by atoms with Gasteiger partial charge < -0.3 is 14.2 Å². The Morgan fingerprint density at radius 3 is 2.78 bits per heavy atom. The number of carbonyl (C=O) groups is 1. The van der Waals surface area contributed by atoms with Gasteiger partial charge in [0.15, 0.2) is 5.82 Å². The number of likely N-dealkylation sites (tertiary alicyclic amines) is 1. The van der Waals surface area contributed by atoms with Gasteiger partial charge in [0, 0.05) is 31.5 Å². The molecule has 1 aromatic heterocycles. The Hall–Kier alpha value is -2.37. The molecule has 6 heteroatoms. The highest BCUT2D eigenvalue weighted by Gasteiger charge is 2.36. The molecule has 0 radical (unpaired) electrons. The molecule has 0 unspecified atom stereocenters. The fourth-order valence-electron chi connectivity index (χ4n) is 4.13. The zero-order valence-corrected chi connectivity index (χ0v) is 15.9. The number of para-hydroxylation sites is 1. The second kappa shape index (κ2) is 8.11. The van der Waals surface area contributed by atoms with E-state index in [1.54, 1.807) is 7.11 Å². The summed E-state index contributed by atoms with van der Waals surface area (Å²) in [4.78, 5) is 18.9. The van der Waals surface area contributed by atoms with E-state index in [1.165, 1.54) is 32.1 Å². The summed E-state index contributed by atoms with van der Waals surface area (Å²) in [5, 5.41) is 4.11. The summed E-state index contributed by atoms with van der Waals surface area (Å²) in [6.07, 6.45) is 7.57. The summed E-state index contributed by atoms with van der Waals surface area (Å²) in [5.74, 6) is 3.15. The quantitative estimate of drug-likeness (QED) is 0.779. The normalized spacial score (nSPS) is 18.3. The predicted molar refractivity (Wildman–Crippen MR) is 101 cm³/mol. The number of hydrogen-bond acceptors (Lipinski definition) is 5. The molecule has 6 nitrogen and oxygen atoms in total. The predicted octanol–water partition coefficient (Wildman–Crippen LogP) is 3.57. The highest BCUT2D eigenvalue weighted by molar-refractivity contribution is 5.77. The minimum atomic E-state index is 0.166. The van der Waals surface area contributed by atoms with Crippen molar-refractivity contribution in [1.82, 2.24) is 15.0 Å². The molecular weight excluding hydrogens is 342 g/mol. The van der Waals surface area contributed by atoms with Crippen LogP contribution in [0.1, 0.15) is 61.7 Å². The van der Waals surface area contributed by atoms with Gasteiger partial charge in [-0.15, -0.1) is 0 Å². The lowest BCUT2D eigenvalue weighted by Gasteiger charge is -2.38. The SMILES string of the molecule is COc1ccccc1Cc1noc(C2CN(C(=O)CC3CCCCC3)C2)n1. The Kier molecular flexibility index (Phi) is 5.41. The van der Waals surface area contributed by atoms with Crippen LogP contribution >= 0.6 is 0 Å². The van der Waals surface area contributed by atoms with Crippen molar-refractivity contribution in [2.24, 2.45) is 5.92 Å². The van der Waals surface area contributed by atoms with Gasteiger partial charge in [0.05, 0.1) is 13.0 Å². The third-order valence-corrected chi connectivity index (χ3v) is 5.80. The lowest BCUT2D eigenvalue weighted by atomic mass is 9.86. The molecule has 2 fully saturated rings. The van der Waals surface area contributed by atoms with Crippen LogP contribution in [0.15, 0.2) is 28.8 Å². The van der Waals surface area contributed by atoms with Crippen LogP contribution in [-0.4, -0.2) is 41.1 Å². The van der Waals surface area contributed by atoms with Crippen LogP contribution in [0.3, 0.4) is 0 Å². The molecule has 0 bridgehead atoms. The highest BCUT2D eigenvalue weighted by atomic mass is 16.5. The number of benzene rings is 1. The summed E-state index contributed by atoms with van der Waals surface area (Å²) in [7, 11) is 1.66. The molecule has 1 amide bonds. The molecular formula is C21H27N3O3. The van der Waals surface area contributed by atoms with Gasteiger partial charge in [-0.05, 0) is 24.8 Å². The van der Waals surface area contributed by atoms with Crippen LogP contribution < -0.4 is 4.74 Å². The first kappa shape index (κ1) is 18.0. The van der Waals surface area contributed by atoms with Gasteiger partial charge in [-0.3, -0.25) is 4.79 Å². The fraction of sp³-hybridized carbons (Fsp3) is 0.571. The van der Waals surface area contributed by atoms with Crippen LogP contribution in [0.5, 0.6) is 5.75 Å². The van der Waals surface area contributed by atoms with Crippen molar-refractivity contribution in [3.8, 4) is 5.75 Å². The van der Waals surface area contributed by atoms with Crippen LogP contribution in [0.25, 0.3) is 0 Å². The molecule has 0 atom stereocenters. The number of ether oxygens (including phenoxy) is 1. The highest BCUT2D eigenvalue weighted by Crippen LogP contribution is 2.31. The van der Waals surface area contributed by atoms with Crippen molar-refractivity contribution in [2.45, 2.75) is 50.9 Å². The molecule has 1 saturated heterocycles. The van der Waals surface area contributed by atoms with Crippen molar-refractivity contribution in [2.75, 3.05) is 20.2 Å². The van der Waals surface area contributed by atoms with E-state index >= 15 is 0 Å². The van der Waals surface area contributed by atoms with E-state index < -0.39 is 0 Å². The number of hydrogen-bond donors (Lipinski definition) is 0. The average molecular weight is 369 g/mol. The van der Waals surface area contributed by atoms with Gasteiger partial charge in [0.1, 0.15) is 5.75 Å². The van der Waals surface area contributed by atoms with Gasteiger partial charge in [0.2, 0.25) is 11.8 Å². The first-order valence-corrected chi connectivity index (χ1v) is 9.95. The van der Waals surface area contributed by atoms with E-state index in [2.05, 4.69) is 10.1 Å². The van der Waals surface area contributed by atoms with E-state index in [-0.39, 0.29) is 11.8 Å². The van der Waals surface area contributed by atoms with Gasteiger partial charge >= 0.3 is 0 Å². The lowest BCUT2D eigenvalue weighted by Crippen LogP contribution is -2.49. The third kappa shape index (κ3) is 4.15. The number of rotatable bonds is 6. The molecule has 1 aliphatic heterocycles. The lowest BCUT2D eigenvalue weighted by molar-refractivity contribution is -0.137. The first-order chi connectivity index (χ1) is 13.2. The van der Waals surface area contributed by atoms with Crippen LogP contribution in [0.2, 0.25) is 0 Å². The monoisotopic (exact) mass is 369 g/mol. The molecule has 1 saturated carbocycles. The summed E-state index contributed by atoms with van der Waals surface area (Å²) in [6.45, 7) is 1.39. The van der Waals surface area contributed by atoms with E-state index in [0.29, 0.717) is 43.6 Å². The summed E-state index contributed by atoms with van der Waals surface area (Å²) in [5.41, 5.74) is 1.03. The topological polar surface area (TPSA) is 68.5 Å². The molecule has 2 aromatic rings. The molecule has 2 aliphatic rings. The van der Waals surface area contributed by atoms with E-state index in [4.69, 9.17) is 9.26 Å². The van der Waals surface area contributed by atoms with Crippen molar-refractivity contribution >= 4 is 5.91 Å². The van der Waals surface area contributed by atoms with Crippen LogP contribution in [0.4, 0.5) is 0 Å². The Morgan fingerprint density at radius 1 is 1.22 bits per heavy atom. The molecule has 0 N–H and O–H groups in total. The van der Waals surface area contributed by atoms with Crippen molar-refractivity contribution in [1.29, 1.82) is 0 Å². The Labute approximate surface area is 159 Å². The number of carbonyl (C=O) groups excluding carboxylic acids is 1. The number of amides is 1. The van der Waals surface area contributed by atoms with E-state index in [9.17, 15) is 4.79 Å². The summed E-state index contributed by atoms with van der Waals surface area (Å²) < 4.78 is 10.8.